The van der Waals surface area contributed by atoms with Gasteiger partial charge >= 0.3 is 0 Å². The third-order valence-electron chi connectivity index (χ3n) is 2.61. The molecule has 0 spiro atoms. The molecule has 5 heteroatoms. The van der Waals surface area contributed by atoms with Gasteiger partial charge in [0.25, 0.3) is 0 Å². The first-order valence-electron chi connectivity index (χ1n) is 5.40. The van der Waals surface area contributed by atoms with Gasteiger partial charge in [0.15, 0.2) is 0 Å². The number of hydrogen-bond donors (Lipinski definition) is 1. The van der Waals surface area contributed by atoms with Gasteiger partial charge in [0.1, 0.15) is 0 Å². The van der Waals surface area contributed by atoms with Gasteiger partial charge in [-0.05, 0) is 19.1 Å². The van der Waals surface area contributed by atoms with Crippen molar-refractivity contribution in [3.05, 3.63) is 21.3 Å². The molecule has 3 nitrogen and oxygen atoms in total. The van der Waals surface area contributed by atoms with E-state index in [1.807, 2.05) is 13.0 Å². The number of aliphatic hydroxyl groups excluding tert-OH is 1. The van der Waals surface area contributed by atoms with Gasteiger partial charge in [-0.15, -0.1) is 11.3 Å². The molecule has 0 bridgehead atoms. The van der Waals surface area contributed by atoms with Gasteiger partial charge in [-0.25, -0.2) is 0 Å². The van der Waals surface area contributed by atoms with E-state index in [9.17, 15) is 0 Å². The van der Waals surface area contributed by atoms with Crippen LogP contribution in [0.5, 0.6) is 0 Å². The number of morpholine rings is 1. The number of halogens is 1. The zero-order valence-corrected chi connectivity index (χ0v) is 10.8. The van der Waals surface area contributed by atoms with E-state index in [0.29, 0.717) is 0 Å². The minimum absolute atomic E-state index is 0.0563. The van der Waals surface area contributed by atoms with Crippen molar-refractivity contribution in [2.75, 3.05) is 19.7 Å². The van der Waals surface area contributed by atoms with Gasteiger partial charge in [-0.2, -0.15) is 0 Å². The van der Waals surface area contributed by atoms with Crippen molar-refractivity contribution in [3.63, 3.8) is 0 Å². The van der Waals surface area contributed by atoms with E-state index in [1.54, 1.807) is 11.3 Å². The van der Waals surface area contributed by atoms with Crippen molar-refractivity contribution in [2.45, 2.75) is 25.7 Å². The Hall–Kier alpha value is -0.130. The molecule has 1 aromatic rings. The molecule has 1 aliphatic rings. The van der Waals surface area contributed by atoms with E-state index in [-0.39, 0.29) is 18.8 Å². The number of hydrogen-bond acceptors (Lipinski definition) is 4. The molecule has 2 atom stereocenters. The molecule has 1 saturated heterocycles. The molecule has 0 amide bonds. The molecular formula is C11H16ClNO2S. The fourth-order valence-corrected chi connectivity index (χ4v) is 3.16. The molecule has 0 radical (unpaired) electrons. The Morgan fingerprint density at radius 1 is 1.56 bits per heavy atom. The molecule has 0 saturated carbocycles. The third kappa shape index (κ3) is 3.18. The molecule has 0 aromatic carbocycles. The summed E-state index contributed by atoms with van der Waals surface area (Å²) in [5.74, 6) is 0. The fraction of sp³-hybridized carbons (Fsp3) is 0.636. The molecular weight excluding hydrogens is 246 g/mol. The number of rotatable bonds is 3. The zero-order valence-electron chi connectivity index (χ0n) is 9.23. The Morgan fingerprint density at radius 2 is 2.38 bits per heavy atom. The molecule has 1 aliphatic heterocycles. The summed E-state index contributed by atoms with van der Waals surface area (Å²) in [6, 6.07) is 3.98. The third-order valence-corrected chi connectivity index (χ3v) is 3.83. The quantitative estimate of drug-likeness (QED) is 0.903. The lowest BCUT2D eigenvalue weighted by molar-refractivity contribution is -0.0970. The van der Waals surface area contributed by atoms with Crippen LogP contribution < -0.4 is 0 Å². The minimum atomic E-state index is -0.0563. The van der Waals surface area contributed by atoms with Gasteiger partial charge in [0, 0.05) is 24.5 Å². The van der Waals surface area contributed by atoms with Crippen molar-refractivity contribution in [3.8, 4) is 0 Å². The van der Waals surface area contributed by atoms with Crippen molar-refractivity contribution in [1.29, 1.82) is 0 Å². The fourth-order valence-electron chi connectivity index (χ4n) is 2.03. The first kappa shape index (κ1) is 12.3. The van der Waals surface area contributed by atoms with Gasteiger partial charge in [-0.1, -0.05) is 11.6 Å². The smallest absolute Gasteiger partial charge is 0.0936 e. The number of ether oxygens (including phenoxy) is 1. The second-order valence-electron chi connectivity index (χ2n) is 4.15. The summed E-state index contributed by atoms with van der Waals surface area (Å²) in [5.41, 5.74) is 0. The highest BCUT2D eigenvalue weighted by Gasteiger charge is 2.24. The van der Waals surface area contributed by atoms with Crippen LogP contribution in [0.3, 0.4) is 0 Å². The first-order valence-corrected chi connectivity index (χ1v) is 6.59. The van der Waals surface area contributed by atoms with Crippen molar-refractivity contribution in [2.24, 2.45) is 0 Å². The molecule has 1 N–H and O–H groups in total. The Morgan fingerprint density at radius 3 is 3.00 bits per heavy atom. The Balaban J connectivity index is 1.93. The van der Waals surface area contributed by atoms with Crippen LogP contribution in [0, 0.1) is 0 Å². The summed E-state index contributed by atoms with van der Waals surface area (Å²) in [4.78, 5) is 3.56. The average molecular weight is 262 g/mol. The molecule has 1 aromatic heterocycles. The summed E-state index contributed by atoms with van der Waals surface area (Å²) in [5, 5.41) is 9.13. The largest absolute Gasteiger partial charge is 0.394 e. The van der Waals surface area contributed by atoms with Gasteiger partial charge in [-0.3, -0.25) is 4.90 Å². The van der Waals surface area contributed by atoms with E-state index in [0.717, 1.165) is 24.0 Å². The highest BCUT2D eigenvalue weighted by molar-refractivity contribution is 7.16. The normalized spacial score (nSPS) is 27.2. The van der Waals surface area contributed by atoms with Crippen LogP contribution in [0.15, 0.2) is 12.1 Å². The van der Waals surface area contributed by atoms with Gasteiger partial charge < -0.3 is 9.84 Å². The summed E-state index contributed by atoms with van der Waals surface area (Å²) in [6.45, 7) is 4.71. The summed E-state index contributed by atoms with van der Waals surface area (Å²) >= 11 is 7.51. The van der Waals surface area contributed by atoms with Gasteiger partial charge in [0.2, 0.25) is 0 Å². The molecule has 1 fully saturated rings. The number of nitrogens with zero attached hydrogens (tertiary/aromatic N) is 1. The van der Waals surface area contributed by atoms with Crippen LogP contribution in [-0.2, 0) is 11.3 Å². The maximum Gasteiger partial charge on any atom is 0.0936 e. The Labute approximate surface area is 105 Å². The topological polar surface area (TPSA) is 32.7 Å². The van der Waals surface area contributed by atoms with Crippen LogP contribution >= 0.6 is 22.9 Å². The van der Waals surface area contributed by atoms with Crippen molar-refractivity contribution < 1.29 is 9.84 Å². The Kier molecular flexibility index (Phi) is 4.21. The second kappa shape index (κ2) is 5.47. The van der Waals surface area contributed by atoms with Crippen LogP contribution in [-0.4, -0.2) is 41.9 Å². The van der Waals surface area contributed by atoms with Gasteiger partial charge in [0.05, 0.1) is 23.2 Å². The van der Waals surface area contributed by atoms with E-state index >= 15 is 0 Å². The SMILES string of the molecule is CC1CN(Cc2ccc(Cl)s2)CC(CO)O1. The number of aliphatic hydroxyl groups is 1. The number of thiophene rings is 1. The summed E-state index contributed by atoms with van der Waals surface area (Å²) in [7, 11) is 0. The standard InChI is InChI=1S/C11H16ClNO2S/c1-8-4-13(5-9(7-14)15-8)6-10-2-3-11(12)16-10/h2-3,8-9,14H,4-7H2,1H3. The molecule has 2 heterocycles. The summed E-state index contributed by atoms with van der Waals surface area (Å²) < 4.78 is 6.42. The lowest BCUT2D eigenvalue weighted by atomic mass is 10.2. The highest BCUT2D eigenvalue weighted by atomic mass is 35.5. The van der Waals surface area contributed by atoms with E-state index in [1.165, 1.54) is 4.88 Å². The Bertz CT molecular complexity index is 344. The molecule has 2 unspecified atom stereocenters. The van der Waals surface area contributed by atoms with Crippen LogP contribution in [0.4, 0.5) is 0 Å². The van der Waals surface area contributed by atoms with Crippen LogP contribution in [0.1, 0.15) is 11.8 Å². The van der Waals surface area contributed by atoms with Crippen LogP contribution in [0.2, 0.25) is 4.34 Å². The van der Waals surface area contributed by atoms with Crippen molar-refractivity contribution in [1.82, 2.24) is 4.90 Å². The second-order valence-corrected chi connectivity index (χ2v) is 5.95. The summed E-state index contributed by atoms with van der Waals surface area (Å²) in [6.07, 6.45) is 0.125. The minimum Gasteiger partial charge on any atom is -0.394 e. The van der Waals surface area contributed by atoms with Crippen LogP contribution in [0.25, 0.3) is 0 Å². The lowest BCUT2D eigenvalue weighted by Gasteiger charge is -2.35. The van der Waals surface area contributed by atoms with E-state index in [4.69, 9.17) is 21.4 Å². The van der Waals surface area contributed by atoms with E-state index in [2.05, 4.69) is 11.0 Å². The first-order chi connectivity index (χ1) is 7.67. The molecule has 0 aliphatic carbocycles. The molecule has 90 valence electrons. The lowest BCUT2D eigenvalue weighted by Crippen LogP contribution is -2.47. The monoisotopic (exact) mass is 261 g/mol. The maximum atomic E-state index is 9.13. The predicted octanol–water partition coefficient (Wildman–Crippen LogP) is 1.98. The van der Waals surface area contributed by atoms with E-state index < -0.39 is 0 Å². The molecule has 2 rings (SSSR count). The maximum absolute atomic E-state index is 9.13. The zero-order chi connectivity index (χ0) is 11.5. The highest BCUT2D eigenvalue weighted by Crippen LogP contribution is 2.24. The molecule has 16 heavy (non-hydrogen) atoms. The average Bonchev–Trinajstić information content (AvgIpc) is 2.63. The predicted molar refractivity (Wildman–Crippen MR) is 66.0 cm³/mol. The van der Waals surface area contributed by atoms with Crippen molar-refractivity contribution >= 4 is 22.9 Å².